The van der Waals surface area contributed by atoms with Crippen molar-refractivity contribution in [2.75, 3.05) is 0 Å². The summed E-state index contributed by atoms with van der Waals surface area (Å²) < 4.78 is 4.82. The summed E-state index contributed by atoms with van der Waals surface area (Å²) >= 11 is 0. The first kappa shape index (κ1) is 9.90. The van der Waals surface area contributed by atoms with Crippen molar-refractivity contribution in [2.45, 2.75) is 26.1 Å². The molecule has 0 spiro atoms. The molecule has 4 N–H and O–H groups in total. The predicted octanol–water partition coefficient (Wildman–Crippen LogP) is -1.25. The van der Waals surface area contributed by atoms with E-state index in [4.69, 9.17) is 16.2 Å². The molecule has 0 aliphatic carbocycles. The predicted molar refractivity (Wildman–Crippen MR) is 38.4 cm³/mol. The van der Waals surface area contributed by atoms with Crippen LogP contribution in [-0.2, 0) is 14.3 Å². The van der Waals surface area contributed by atoms with Gasteiger partial charge in [-0.1, -0.05) is 0 Å². The van der Waals surface area contributed by atoms with Crippen LogP contribution in [0.1, 0.15) is 13.8 Å². The van der Waals surface area contributed by atoms with Gasteiger partial charge in [-0.15, -0.1) is 0 Å². The number of nitrogens with two attached hydrogens (primary N) is 2. The Bertz CT molecular complexity index is 151. The molecule has 0 aliphatic heterocycles. The van der Waals surface area contributed by atoms with Gasteiger partial charge in [0.1, 0.15) is 12.2 Å². The Morgan fingerprint density at radius 2 is 1.36 bits per heavy atom. The van der Waals surface area contributed by atoms with Gasteiger partial charge < -0.3 is 16.2 Å². The summed E-state index contributed by atoms with van der Waals surface area (Å²) in [6.45, 7) is 2.92. The van der Waals surface area contributed by atoms with E-state index in [0.29, 0.717) is 0 Å². The molecule has 0 rings (SSSR count). The third-order valence-electron chi connectivity index (χ3n) is 1.21. The summed E-state index contributed by atoms with van der Waals surface area (Å²) in [5.41, 5.74) is 9.74. The van der Waals surface area contributed by atoms with Crippen molar-refractivity contribution in [2.24, 2.45) is 11.5 Å². The Morgan fingerprint density at radius 1 is 1.09 bits per heavy atom. The summed E-state index contributed by atoms with van der Waals surface area (Å²) in [6.07, 6.45) is -1.56. The van der Waals surface area contributed by atoms with E-state index in [1.54, 1.807) is 0 Å². The van der Waals surface area contributed by atoms with E-state index >= 15 is 0 Å². The smallest absolute Gasteiger partial charge is 0.246 e. The number of ether oxygens (including phenoxy) is 1. The van der Waals surface area contributed by atoms with E-state index in [-0.39, 0.29) is 0 Å². The summed E-state index contributed by atoms with van der Waals surface area (Å²) in [5.74, 6) is -1.23. The molecule has 5 nitrogen and oxygen atoms in total. The van der Waals surface area contributed by atoms with E-state index in [1.807, 2.05) is 0 Å². The summed E-state index contributed by atoms with van der Waals surface area (Å²) in [6, 6.07) is 0. The molecule has 0 unspecified atom stereocenters. The van der Waals surface area contributed by atoms with Crippen molar-refractivity contribution >= 4 is 11.8 Å². The van der Waals surface area contributed by atoms with Gasteiger partial charge in [0.15, 0.2) is 0 Å². The van der Waals surface area contributed by atoms with Gasteiger partial charge in [-0.05, 0) is 13.8 Å². The Hall–Kier alpha value is -1.10. The molecule has 5 heteroatoms. The Balaban J connectivity index is 3.84. The molecule has 2 atom stereocenters. The third-order valence-corrected chi connectivity index (χ3v) is 1.21. The summed E-state index contributed by atoms with van der Waals surface area (Å²) in [4.78, 5) is 20.8. The minimum atomic E-state index is -0.780. The van der Waals surface area contributed by atoms with Crippen LogP contribution in [0.25, 0.3) is 0 Å². The second kappa shape index (κ2) is 3.92. The monoisotopic (exact) mass is 160 g/mol. The number of hydrogen-bond donors (Lipinski definition) is 2. The molecule has 2 amide bonds. The topological polar surface area (TPSA) is 95.4 Å². The van der Waals surface area contributed by atoms with Crippen LogP contribution in [0.15, 0.2) is 0 Å². The second-order valence-electron chi connectivity index (χ2n) is 2.23. The van der Waals surface area contributed by atoms with Crippen LogP contribution in [0.4, 0.5) is 0 Å². The van der Waals surface area contributed by atoms with Crippen LogP contribution in [0.5, 0.6) is 0 Å². The fourth-order valence-corrected chi connectivity index (χ4v) is 0.440. The molecule has 0 saturated carbocycles. The standard InChI is InChI=1S/C6H12N2O3/c1-3(5(7)9)11-4(2)6(8)10/h3-4H,1-2H3,(H2,7,9)(H2,8,10)/t3-,4-/m0/s1. The number of rotatable bonds is 4. The zero-order chi connectivity index (χ0) is 9.02. The zero-order valence-corrected chi connectivity index (χ0v) is 6.53. The number of carbonyl (C=O) groups is 2. The van der Waals surface area contributed by atoms with Crippen LogP contribution in [0.3, 0.4) is 0 Å². The van der Waals surface area contributed by atoms with Gasteiger partial charge in [-0.3, -0.25) is 9.59 Å². The van der Waals surface area contributed by atoms with Gasteiger partial charge in [-0.25, -0.2) is 0 Å². The molecule has 0 heterocycles. The second-order valence-corrected chi connectivity index (χ2v) is 2.23. The fraction of sp³-hybridized carbons (Fsp3) is 0.667. The van der Waals surface area contributed by atoms with E-state index in [9.17, 15) is 9.59 Å². The molecular weight excluding hydrogens is 148 g/mol. The highest BCUT2D eigenvalue weighted by Gasteiger charge is 2.16. The summed E-state index contributed by atoms with van der Waals surface area (Å²) in [7, 11) is 0. The Kier molecular flexibility index (Phi) is 3.53. The van der Waals surface area contributed by atoms with Gasteiger partial charge in [0.25, 0.3) is 0 Å². The maximum absolute atomic E-state index is 10.4. The van der Waals surface area contributed by atoms with Crippen LogP contribution in [-0.4, -0.2) is 24.0 Å². The largest absolute Gasteiger partial charge is 0.367 e. The molecule has 0 radical (unpaired) electrons. The minimum Gasteiger partial charge on any atom is -0.367 e. The maximum Gasteiger partial charge on any atom is 0.246 e. The molecular formula is C6H12N2O3. The molecule has 0 bridgehead atoms. The quantitative estimate of drug-likeness (QED) is 0.538. The van der Waals surface area contributed by atoms with Crippen molar-refractivity contribution in [1.29, 1.82) is 0 Å². The lowest BCUT2D eigenvalue weighted by Gasteiger charge is -2.12. The normalized spacial score (nSPS) is 15.5. The average Bonchev–Trinajstić information content (AvgIpc) is 1.87. The third kappa shape index (κ3) is 3.57. The molecule has 64 valence electrons. The van der Waals surface area contributed by atoms with Gasteiger partial charge in [0.05, 0.1) is 0 Å². The number of hydrogen-bond acceptors (Lipinski definition) is 3. The minimum absolute atomic E-state index is 0.613. The maximum atomic E-state index is 10.4. The first-order valence-electron chi connectivity index (χ1n) is 3.19. The molecule has 0 fully saturated rings. The van der Waals surface area contributed by atoms with Crippen LogP contribution in [0, 0.1) is 0 Å². The average molecular weight is 160 g/mol. The Morgan fingerprint density at radius 3 is 1.55 bits per heavy atom. The van der Waals surface area contributed by atoms with Crippen molar-refractivity contribution in [3.63, 3.8) is 0 Å². The number of carbonyl (C=O) groups excluding carboxylic acids is 2. The molecule has 0 aliphatic rings. The summed E-state index contributed by atoms with van der Waals surface area (Å²) in [5, 5.41) is 0. The molecule has 11 heavy (non-hydrogen) atoms. The van der Waals surface area contributed by atoms with E-state index in [2.05, 4.69) is 0 Å². The van der Waals surface area contributed by atoms with Gasteiger partial charge in [0, 0.05) is 0 Å². The van der Waals surface area contributed by atoms with Gasteiger partial charge >= 0.3 is 0 Å². The highest BCUT2D eigenvalue weighted by molar-refractivity contribution is 5.81. The highest BCUT2D eigenvalue weighted by Crippen LogP contribution is 1.95. The lowest BCUT2D eigenvalue weighted by Crippen LogP contribution is -2.37. The van der Waals surface area contributed by atoms with Crippen molar-refractivity contribution < 1.29 is 14.3 Å². The van der Waals surface area contributed by atoms with Crippen molar-refractivity contribution in [3.8, 4) is 0 Å². The Labute approximate surface area is 64.7 Å². The first-order valence-corrected chi connectivity index (χ1v) is 3.19. The zero-order valence-electron chi connectivity index (χ0n) is 6.53. The fourth-order valence-electron chi connectivity index (χ4n) is 0.440. The molecule has 0 aromatic carbocycles. The van der Waals surface area contributed by atoms with E-state index < -0.39 is 24.0 Å². The van der Waals surface area contributed by atoms with Gasteiger partial charge in [0.2, 0.25) is 11.8 Å². The SMILES string of the molecule is C[C@H](O[C@@H](C)C(N)=O)C(N)=O. The molecule has 0 aromatic rings. The number of primary amides is 2. The van der Waals surface area contributed by atoms with Crippen molar-refractivity contribution in [1.82, 2.24) is 0 Å². The number of amides is 2. The first-order chi connectivity index (χ1) is 4.95. The van der Waals surface area contributed by atoms with E-state index in [0.717, 1.165) is 0 Å². The lowest BCUT2D eigenvalue weighted by atomic mass is 10.3. The van der Waals surface area contributed by atoms with E-state index in [1.165, 1.54) is 13.8 Å². The van der Waals surface area contributed by atoms with Gasteiger partial charge in [-0.2, -0.15) is 0 Å². The van der Waals surface area contributed by atoms with Crippen molar-refractivity contribution in [3.05, 3.63) is 0 Å². The molecule has 0 aromatic heterocycles. The molecule has 0 saturated heterocycles. The van der Waals surface area contributed by atoms with Crippen LogP contribution < -0.4 is 11.5 Å². The lowest BCUT2D eigenvalue weighted by molar-refractivity contribution is -0.139. The van der Waals surface area contributed by atoms with Crippen LogP contribution in [0.2, 0.25) is 0 Å². The van der Waals surface area contributed by atoms with Crippen LogP contribution >= 0.6 is 0 Å². The highest BCUT2D eigenvalue weighted by atomic mass is 16.5.